The highest BCUT2D eigenvalue weighted by molar-refractivity contribution is 7.07. The molecule has 2 heterocycles. The summed E-state index contributed by atoms with van der Waals surface area (Å²) in [7, 11) is 0. The molecule has 1 aliphatic heterocycles. The predicted molar refractivity (Wildman–Crippen MR) is 112 cm³/mol. The summed E-state index contributed by atoms with van der Waals surface area (Å²) in [6.45, 7) is 3.18. The highest BCUT2D eigenvalue weighted by Gasteiger charge is 2.32. The molecule has 2 aromatic carbocycles. The van der Waals surface area contributed by atoms with E-state index >= 15 is 0 Å². The summed E-state index contributed by atoms with van der Waals surface area (Å²) in [5, 5.41) is 6.04. The first kappa shape index (κ1) is 18.8. The van der Waals surface area contributed by atoms with Gasteiger partial charge in [0, 0.05) is 16.9 Å². The van der Waals surface area contributed by atoms with Crippen molar-refractivity contribution >= 4 is 34.5 Å². The second-order valence-corrected chi connectivity index (χ2v) is 7.73. The average molecular weight is 414 g/mol. The van der Waals surface area contributed by atoms with Gasteiger partial charge in [-0.2, -0.15) is 0 Å². The summed E-state index contributed by atoms with van der Waals surface area (Å²) < 4.78 is 5.79. The maximum atomic E-state index is 13.0. The maximum Gasteiger partial charge on any atom is 0.257 e. The number of hydrogen-bond acceptors (Lipinski definition) is 5. The SMILES string of the molecule is CCCN1C(=O)c2ccc(Cl)cc2NC1c1ccc(OCc2cscn2)cc1. The Bertz CT molecular complexity index is 960. The van der Waals surface area contributed by atoms with E-state index in [2.05, 4.69) is 17.2 Å². The van der Waals surface area contributed by atoms with Gasteiger partial charge in [0.1, 0.15) is 18.5 Å². The van der Waals surface area contributed by atoms with Gasteiger partial charge in [0.2, 0.25) is 0 Å². The van der Waals surface area contributed by atoms with E-state index in [1.165, 1.54) is 0 Å². The zero-order valence-electron chi connectivity index (χ0n) is 15.4. The van der Waals surface area contributed by atoms with E-state index in [-0.39, 0.29) is 12.1 Å². The Balaban J connectivity index is 1.56. The van der Waals surface area contributed by atoms with Crippen LogP contribution in [0.5, 0.6) is 5.75 Å². The van der Waals surface area contributed by atoms with Gasteiger partial charge in [-0.25, -0.2) is 4.98 Å². The lowest BCUT2D eigenvalue weighted by Gasteiger charge is -2.38. The molecule has 144 valence electrons. The molecule has 0 fully saturated rings. The van der Waals surface area contributed by atoms with Crippen LogP contribution in [0.2, 0.25) is 5.02 Å². The number of carbonyl (C=O) groups is 1. The molecule has 0 spiro atoms. The number of nitrogens with zero attached hydrogens (tertiary/aromatic N) is 2. The van der Waals surface area contributed by atoms with Crippen LogP contribution in [-0.2, 0) is 6.61 Å². The van der Waals surface area contributed by atoms with E-state index in [1.54, 1.807) is 35.0 Å². The molecule has 1 N–H and O–H groups in total. The molecular weight excluding hydrogens is 394 g/mol. The summed E-state index contributed by atoms with van der Waals surface area (Å²) in [5.74, 6) is 0.783. The minimum Gasteiger partial charge on any atom is -0.487 e. The van der Waals surface area contributed by atoms with Crippen LogP contribution in [0.1, 0.15) is 41.1 Å². The van der Waals surface area contributed by atoms with Crippen molar-refractivity contribution in [1.82, 2.24) is 9.88 Å². The first-order valence-corrected chi connectivity index (χ1v) is 10.4. The molecule has 5 nitrogen and oxygen atoms in total. The van der Waals surface area contributed by atoms with E-state index in [0.717, 1.165) is 29.1 Å². The number of halogens is 1. The van der Waals surface area contributed by atoms with E-state index in [4.69, 9.17) is 16.3 Å². The Morgan fingerprint density at radius 1 is 1.25 bits per heavy atom. The van der Waals surface area contributed by atoms with E-state index in [1.807, 2.05) is 34.5 Å². The van der Waals surface area contributed by atoms with Crippen molar-refractivity contribution in [3.63, 3.8) is 0 Å². The Labute approximate surface area is 172 Å². The zero-order valence-corrected chi connectivity index (χ0v) is 17.0. The molecule has 1 amide bonds. The molecule has 0 saturated heterocycles. The Morgan fingerprint density at radius 2 is 2.07 bits per heavy atom. The van der Waals surface area contributed by atoms with Crippen LogP contribution in [0.4, 0.5) is 5.69 Å². The van der Waals surface area contributed by atoms with Gasteiger partial charge in [0.05, 0.1) is 22.5 Å². The molecule has 4 rings (SSSR count). The topological polar surface area (TPSA) is 54.5 Å². The third-order valence-electron chi connectivity index (χ3n) is 4.61. The monoisotopic (exact) mass is 413 g/mol. The Hall–Kier alpha value is -2.57. The zero-order chi connectivity index (χ0) is 19.5. The number of thiazole rings is 1. The van der Waals surface area contributed by atoms with Gasteiger partial charge >= 0.3 is 0 Å². The minimum atomic E-state index is -0.244. The number of anilines is 1. The number of nitrogens with one attached hydrogen (secondary N) is 1. The fourth-order valence-electron chi connectivity index (χ4n) is 3.27. The number of carbonyl (C=O) groups excluding carboxylic acids is 1. The van der Waals surface area contributed by atoms with Crippen LogP contribution in [0.15, 0.2) is 53.4 Å². The molecule has 0 saturated carbocycles. The lowest BCUT2D eigenvalue weighted by atomic mass is 10.0. The molecule has 1 atom stereocenters. The van der Waals surface area contributed by atoms with Crippen LogP contribution >= 0.6 is 22.9 Å². The molecule has 1 unspecified atom stereocenters. The highest BCUT2D eigenvalue weighted by Crippen LogP contribution is 2.35. The minimum absolute atomic E-state index is 0.0149. The quantitative estimate of drug-likeness (QED) is 0.591. The van der Waals surface area contributed by atoms with E-state index in [0.29, 0.717) is 23.7 Å². The fraction of sp³-hybridized carbons (Fsp3) is 0.238. The number of amides is 1. The second-order valence-electron chi connectivity index (χ2n) is 6.57. The molecule has 7 heteroatoms. The van der Waals surface area contributed by atoms with Crippen molar-refractivity contribution in [2.75, 3.05) is 11.9 Å². The molecule has 0 aliphatic carbocycles. The fourth-order valence-corrected chi connectivity index (χ4v) is 3.98. The smallest absolute Gasteiger partial charge is 0.257 e. The normalized spacial score (nSPS) is 15.9. The van der Waals surface area contributed by atoms with Crippen molar-refractivity contribution in [2.45, 2.75) is 26.1 Å². The molecular formula is C21H20ClN3O2S. The number of fused-ring (bicyclic) bond motifs is 1. The summed E-state index contributed by atoms with van der Waals surface area (Å²) in [6, 6.07) is 13.1. The van der Waals surface area contributed by atoms with Crippen LogP contribution in [0.25, 0.3) is 0 Å². The standard InChI is InChI=1S/C21H20ClN3O2S/c1-2-9-25-20(24-19-10-15(22)5-8-18(19)21(25)26)14-3-6-17(7-4-14)27-11-16-12-28-13-23-16/h3-8,10,12-13,20,24H,2,9,11H2,1H3. The van der Waals surface area contributed by atoms with Crippen molar-refractivity contribution in [2.24, 2.45) is 0 Å². The van der Waals surface area contributed by atoms with Gasteiger partial charge in [0.15, 0.2) is 0 Å². The van der Waals surface area contributed by atoms with Crippen LogP contribution in [-0.4, -0.2) is 22.3 Å². The largest absolute Gasteiger partial charge is 0.487 e. The highest BCUT2D eigenvalue weighted by atomic mass is 35.5. The van der Waals surface area contributed by atoms with E-state index in [9.17, 15) is 4.79 Å². The number of hydrogen-bond donors (Lipinski definition) is 1. The van der Waals surface area contributed by atoms with Gasteiger partial charge in [-0.3, -0.25) is 4.79 Å². The van der Waals surface area contributed by atoms with Crippen molar-refractivity contribution in [1.29, 1.82) is 0 Å². The molecule has 3 aromatic rings. The maximum absolute atomic E-state index is 13.0. The number of ether oxygens (including phenoxy) is 1. The first-order valence-electron chi connectivity index (χ1n) is 9.12. The lowest BCUT2D eigenvalue weighted by molar-refractivity contribution is 0.0683. The lowest BCUT2D eigenvalue weighted by Crippen LogP contribution is -2.43. The summed E-state index contributed by atoms with van der Waals surface area (Å²) >= 11 is 7.68. The van der Waals surface area contributed by atoms with Crippen molar-refractivity contribution < 1.29 is 9.53 Å². The van der Waals surface area contributed by atoms with Crippen molar-refractivity contribution in [3.8, 4) is 5.75 Å². The number of rotatable bonds is 6. The Morgan fingerprint density at radius 3 is 2.79 bits per heavy atom. The van der Waals surface area contributed by atoms with Gasteiger partial charge < -0.3 is 15.0 Å². The third-order valence-corrected chi connectivity index (χ3v) is 5.48. The number of aromatic nitrogens is 1. The first-order chi connectivity index (χ1) is 13.7. The van der Waals surface area contributed by atoms with Gasteiger partial charge in [0.25, 0.3) is 5.91 Å². The molecule has 1 aliphatic rings. The van der Waals surface area contributed by atoms with Crippen LogP contribution < -0.4 is 10.1 Å². The molecule has 28 heavy (non-hydrogen) atoms. The predicted octanol–water partition coefficient (Wildman–Crippen LogP) is 5.35. The number of benzene rings is 2. The molecule has 0 radical (unpaired) electrons. The molecule has 0 bridgehead atoms. The van der Waals surface area contributed by atoms with Crippen LogP contribution in [0.3, 0.4) is 0 Å². The second kappa shape index (κ2) is 8.20. The third kappa shape index (κ3) is 3.84. The van der Waals surface area contributed by atoms with Crippen molar-refractivity contribution in [3.05, 3.63) is 75.2 Å². The summed E-state index contributed by atoms with van der Waals surface area (Å²) in [6.07, 6.45) is 0.632. The molecule has 1 aromatic heterocycles. The summed E-state index contributed by atoms with van der Waals surface area (Å²) in [4.78, 5) is 19.1. The van der Waals surface area contributed by atoms with Crippen LogP contribution in [0, 0.1) is 0 Å². The Kier molecular flexibility index (Phi) is 5.50. The van der Waals surface area contributed by atoms with Gasteiger partial charge in [-0.05, 0) is 42.3 Å². The summed E-state index contributed by atoms with van der Waals surface area (Å²) in [5.41, 5.74) is 5.11. The van der Waals surface area contributed by atoms with Gasteiger partial charge in [-0.1, -0.05) is 30.7 Å². The van der Waals surface area contributed by atoms with E-state index < -0.39 is 0 Å². The average Bonchev–Trinajstić information content (AvgIpc) is 3.22. The van der Waals surface area contributed by atoms with Gasteiger partial charge in [-0.15, -0.1) is 11.3 Å².